The van der Waals surface area contributed by atoms with Gasteiger partial charge in [-0.1, -0.05) is 12.1 Å². The second kappa shape index (κ2) is 10.1. The van der Waals surface area contributed by atoms with Crippen molar-refractivity contribution in [2.75, 3.05) is 22.9 Å². The zero-order valence-corrected chi connectivity index (χ0v) is 20.9. The number of Topliss-reactive ketones (excluding diaryl/α,β-unsaturated/α-hetero) is 1. The van der Waals surface area contributed by atoms with Crippen molar-refractivity contribution < 1.29 is 23.8 Å². The largest absolute Gasteiger partial charge is 0.507 e. The summed E-state index contributed by atoms with van der Waals surface area (Å²) in [5, 5.41) is 11.3. The van der Waals surface area contributed by atoms with Crippen LogP contribution in [0, 0.1) is 5.82 Å². The molecule has 1 unspecified atom stereocenters. The van der Waals surface area contributed by atoms with Gasteiger partial charge in [0.15, 0.2) is 0 Å². The molecule has 5 rings (SSSR count). The SMILES string of the molecule is CC(C)Oc1ccc(/C(O)=C2\C(=O)C(=O)N(c3ccc(N4CCCC4)cc3)C2c2ccc(F)cc2)cc1. The molecule has 1 amide bonds. The second-order valence-corrected chi connectivity index (χ2v) is 9.62. The third-order valence-corrected chi connectivity index (χ3v) is 6.73. The molecule has 0 radical (unpaired) electrons. The van der Waals surface area contributed by atoms with E-state index in [2.05, 4.69) is 4.90 Å². The summed E-state index contributed by atoms with van der Waals surface area (Å²) >= 11 is 0. The fourth-order valence-corrected chi connectivity index (χ4v) is 4.98. The molecule has 37 heavy (non-hydrogen) atoms. The van der Waals surface area contributed by atoms with E-state index in [1.807, 2.05) is 38.1 Å². The van der Waals surface area contributed by atoms with Gasteiger partial charge in [-0.05, 0) is 92.9 Å². The number of ketones is 1. The number of carbonyl (C=O) groups is 2. The monoisotopic (exact) mass is 500 g/mol. The Morgan fingerprint density at radius 1 is 0.892 bits per heavy atom. The summed E-state index contributed by atoms with van der Waals surface area (Å²) in [4.78, 5) is 30.3. The topological polar surface area (TPSA) is 70.1 Å². The minimum absolute atomic E-state index is 0.0138. The fraction of sp³-hybridized carbons (Fsp3) is 0.267. The lowest BCUT2D eigenvalue weighted by Crippen LogP contribution is -2.29. The van der Waals surface area contributed by atoms with Gasteiger partial charge in [-0.25, -0.2) is 4.39 Å². The molecule has 1 N–H and O–H groups in total. The molecule has 2 aliphatic rings. The molecule has 2 aliphatic heterocycles. The zero-order chi connectivity index (χ0) is 26.1. The number of aliphatic hydroxyl groups excluding tert-OH is 1. The maximum Gasteiger partial charge on any atom is 0.300 e. The number of rotatable bonds is 6. The first kappa shape index (κ1) is 24.6. The van der Waals surface area contributed by atoms with Gasteiger partial charge in [0, 0.05) is 30.0 Å². The Bertz CT molecular complexity index is 1330. The summed E-state index contributed by atoms with van der Waals surface area (Å²) in [7, 11) is 0. The number of amides is 1. The number of halogens is 1. The lowest BCUT2D eigenvalue weighted by molar-refractivity contribution is -0.132. The zero-order valence-electron chi connectivity index (χ0n) is 20.9. The summed E-state index contributed by atoms with van der Waals surface area (Å²) in [6, 6.07) is 18.9. The molecular weight excluding hydrogens is 471 g/mol. The van der Waals surface area contributed by atoms with Crippen molar-refractivity contribution in [2.24, 2.45) is 0 Å². The molecule has 3 aromatic rings. The van der Waals surface area contributed by atoms with Crippen LogP contribution >= 0.6 is 0 Å². The van der Waals surface area contributed by atoms with Gasteiger partial charge in [0.2, 0.25) is 0 Å². The van der Waals surface area contributed by atoms with E-state index in [1.54, 1.807) is 24.3 Å². The molecule has 2 saturated heterocycles. The van der Waals surface area contributed by atoms with Gasteiger partial charge in [0.25, 0.3) is 11.7 Å². The molecule has 2 fully saturated rings. The minimum atomic E-state index is -0.912. The molecule has 3 aromatic carbocycles. The Hall–Kier alpha value is -4.13. The Balaban J connectivity index is 1.58. The van der Waals surface area contributed by atoms with Crippen molar-refractivity contribution in [3.05, 3.63) is 95.3 Å². The van der Waals surface area contributed by atoms with Gasteiger partial charge in [0.1, 0.15) is 17.3 Å². The minimum Gasteiger partial charge on any atom is -0.507 e. The number of carbonyl (C=O) groups excluding carboxylic acids is 2. The highest BCUT2D eigenvalue weighted by atomic mass is 19.1. The number of hydrogen-bond donors (Lipinski definition) is 1. The molecular formula is C30H29FN2O4. The highest BCUT2D eigenvalue weighted by Gasteiger charge is 2.47. The smallest absolute Gasteiger partial charge is 0.300 e. The van der Waals surface area contributed by atoms with Gasteiger partial charge in [-0.3, -0.25) is 14.5 Å². The van der Waals surface area contributed by atoms with Crippen LogP contribution in [0.5, 0.6) is 5.75 Å². The molecule has 0 saturated carbocycles. The Morgan fingerprint density at radius 2 is 1.49 bits per heavy atom. The van der Waals surface area contributed by atoms with Crippen LogP contribution in [-0.2, 0) is 9.59 Å². The van der Waals surface area contributed by atoms with Crippen molar-refractivity contribution in [1.82, 2.24) is 0 Å². The summed E-state index contributed by atoms with van der Waals surface area (Å²) in [6.07, 6.45) is 2.27. The Kier molecular flexibility index (Phi) is 6.70. The first-order valence-corrected chi connectivity index (χ1v) is 12.5. The molecule has 1 atom stereocenters. The van der Waals surface area contributed by atoms with Gasteiger partial charge in [0.05, 0.1) is 17.7 Å². The van der Waals surface area contributed by atoms with Crippen LogP contribution in [0.15, 0.2) is 78.4 Å². The number of nitrogens with zero attached hydrogens (tertiary/aromatic N) is 2. The molecule has 6 nitrogen and oxygen atoms in total. The van der Waals surface area contributed by atoms with Gasteiger partial charge in [-0.15, -0.1) is 0 Å². The van der Waals surface area contributed by atoms with E-state index >= 15 is 0 Å². The standard InChI is InChI=1S/C30H29FN2O4/c1-19(2)37-25-15-7-21(8-16-25)28(34)26-27(20-5-9-22(31)10-6-20)33(30(36)29(26)35)24-13-11-23(12-14-24)32-17-3-4-18-32/h5-16,19,27,34H,3-4,17-18H2,1-2H3/b28-26+. The lowest BCUT2D eigenvalue weighted by Gasteiger charge is -2.26. The number of ether oxygens (including phenoxy) is 1. The quantitative estimate of drug-likeness (QED) is 0.262. The summed E-state index contributed by atoms with van der Waals surface area (Å²) in [6.45, 7) is 5.80. The van der Waals surface area contributed by atoms with Gasteiger partial charge < -0.3 is 14.7 Å². The van der Waals surface area contributed by atoms with Crippen molar-refractivity contribution in [1.29, 1.82) is 0 Å². The van der Waals surface area contributed by atoms with Crippen LogP contribution in [0.4, 0.5) is 15.8 Å². The Labute approximate surface area is 215 Å². The number of aliphatic hydroxyl groups is 1. The van der Waals surface area contributed by atoms with E-state index < -0.39 is 23.5 Å². The van der Waals surface area contributed by atoms with Crippen molar-refractivity contribution in [3.63, 3.8) is 0 Å². The number of hydrogen-bond acceptors (Lipinski definition) is 5. The van der Waals surface area contributed by atoms with E-state index in [4.69, 9.17) is 4.74 Å². The molecule has 0 aliphatic carbocycles. The van der Waals surface area contributed by atoms with Gasteiger partial charge in [-0.2, -0.15) is 0 Å². The summed E-state index contributed by atoms with van der Waals surface area (Å²) < 4.78 is 19.4. The molecule has 0 aromatic heterocycles. The molecule has 2 heterocycles. The average Bonchev–Trinajstić information content (AvgIpc) is 3.52. The normalized spacial score (nSPS) is 19.2. The van der Waals surface area contributed by atoms with Crippen molar-refractivity contribution in [3.8, 4) is 5.75 Å². The average molecular weight is 501 g/mol. The fourth-order valence-electron chi connectivity index (χ4n) is 4.98. The maximum absolute atomic E-state index is 13.8. The van der Waals surface area contributed by atoms with Crippen LogP contribution in [0.1, 0.15) is 43.9 Å². The van der Waals surface area contributed by atoms with E-state index in [1.165, 1.54) is 29.2 Å². The van der Waals surface area contributed by atoms with Crippen LogP contribution < -0.4 is 14.5 Å². The summed E-state index contributed by atoms with van der Waals surface area (Å²) in [5.41, 5.74) is 2.44. The molecule has 0 bridgehead atoms. The van der Waals surface area contributed by atoms with Crippen LogP contribution in [0.25, 0.3) is 5.76 Å². The molecule has 7 heteroatoms. The first-order valence-electron chi connectivity index (χ1n) is 12.5. The highest BCUT2D eigenvalue weighted by Crippen LogP contribution is 2.42. The second-order valence-electron chi connectivity index (χ2n) is 9.62. The molecule has 0 spiro atoms. The number of benzene rings is 3. The van der Waals surface area contributed by atoms with E-state index in [9.17, 15) is 19.1 Å². The van der Waals surface area contributed by atoms with Gasteiger partial charge >= 0.3 is 0 Å². The summed E-state index contributed by atoms with van der Waals surface area (Å²) in [5.74, 6) is -1.64. The van der Waals surface area contributed by atoms with Crippen LogP contribution in [0.2, 0.25) is 0 Å². The highest BCUT2D eigenvalue weighted by molar-refractivity contribution is 6.51. The van der Waals surface area contributed by atoms with Crippen LogP contribution in [-0.4, -0.2) is 36.0 Å². The molecule has 190 valence electrons. The maximum atomic E-state index is 13.8. The first-order chi connectivity index (χ1) is 17.8. The van der Waals surface area contributed by atoms with Crippen molar-refractivity contribution in [2.45, 2.75) is 38.8 Å². The third-order valence-electron chi connectivity index (χ3n) is 6.73. The predicted octanol–water partition coefficient (Wildman–Crippen LogP) is 5.84. The van der Waals surface area contributed by atoms with E-state index in [0.717, 1.165) is 31.6 Å². The Morgan fingerprint density at radius 3 is 2.08 bits per heavy atom. The number of anilines is 2. The lowest BCUT2D eigenvalue weighted by atomic mass is 9.95. The van der Waals surface area contributed by atoms with E-state index in [0.29, 0.717) is 22.6 Å². The predicted molar refractivity (Wildman–Crippen MR) is 141 cm³/mol. The van der Waals surface area contributed by atoms with E-state index in [-0.39, 0.29) is 17.4 Å². The third kappa shape index (κ3) is 4.81. The van der Waals surface area contributed by atoms with Crippen molar-refractivity contribution >= 4 is 28.8 Å². The van der Waals surface area contributed by atoms with Crippen LogP contribution in [0.3, 0.4) is 0 Å².